The highest BCUT2D eigenvalue weighted by atomic mass is 16.6. The molecule has 0 spiro atoms. The Bertz CT molecular complexity index is 789. The van der Waals surface area contributed by atoms with Gasteiger partial charge in [-0.15, -0.1) is 0 Å². The van der Waals surface area contributed by atoms with E-state index < -0.39 is 11.7 Å². The maximum atomic E-state index is 11.8. The quantitative estimate of drug-likeness (QED) is 0.586. The van der Waals surface area contributed by atoms with Crippen LogP contribution in [0.4, 0.5) is 10.5 Å². The first-order valence-electron chi connectivity index (χ1n) is 7.03. The van der Waals surface area contributed by atoms with Crippen LogP contribution in [0.1, 0.15) is 26.3 Å². The maximum absolute atomic E-state index is 11.8. The maximum Gasteiger partial charge on any atom is 0.412 e. The lowest BCUT2D eigenvalue weighted by molar-refractivity contribution is 0.0636. The van der Waals surface area contributed by atoms with E-state index in [9.17, 15) is 4.79 Å². The molecule has 0 aliphatic rings. The standard InChI is InChI=1S/C16H19N5O2/c1-16(2,3)23-15(22)20-12-8-11(9-19-10-12)14(18)21-7-5-4-6-13(21)17/h4-10,17-18H,1-3H3,(H,20,22). The molecular formula is C16H19N5O2. The molecule has 0 saturated carbocycles. The molecular weight excluding hydrogens is 294 g/mol. The van der Waals surface area contributed by atoms with Crippen LogP contribution in [0.15, 0.2) is 42.9 Å². The summed E-state index contributed by atoms with van der Waals surface area (Å²) in [6.07, 6.45) is 4.01. The topological polar surface area (TPSA) is 104 Å². The van der Waals surface area contributed by atoms with Crippen LogP contribution in [-0.4, -0.2) is 27.1 Å². The molecule has 23 heavy (non-hydrogen) atoms. The van der Waals surface area contributed by atoms with Gasteiger partial charge in [0.1, 0.15) is 16.9 Å². The van der Waals surface area contributed by atoms with Crippen molar-refractivity contribution >= 4 is 17.6 Å². The highest BCUT2D eigenvalue weighted by Crippen LogP contribution is 2.13. The van der Waals surface area contributed by atoms with Crippen LogP contribution in [0.25, 0.3) is 0 Å². The van der Waals surface area contributed by atoms with E-state index in [0.717, 1.165) is 0 Å². The van der Waals surface area contributed by atoms with E-state index in [2.05, 4.69) is 10.3 Å². The Kier molecular flexibility index (Phi) is 4.59. The average Bonchev–Trinajstić information content (AvgIpc) is 2.45. The Balaban J connectivity index is 2.20. The minimum atomic E-state index is -0.595. The lowest BCUT2D eigenvalue weighted by atomic mass is 10.2. The average molecular weight is 313 g/mol. The predicted octanol–water partition coefficient (Wildman–Crippen LogP) is 2.58. The van der Waals surface area contributed by atoms with Gasteiger partial charge in [-0.3, -0.25) is 25.7 Å². The number of rotatable bonds is 2. The van der Waals surface area contributed by atoms with Crippen molar-refractivity contribution in [1.29, 1.82) is 10.8 Å². The number of anilines is 1. The van der Waals surface area contributed by atoms with Gasteiger partial charge < -0.3 is 4.74 Å². The molecule has 0 aromatic carbocycles. The summed E-state index contributed by atoms with van der Waals surface area (Å²) in [4.78, 5) is 15.8. The molecule has 2 aromatic heterocycles. The number of hydrogen-bond acceptors (Lipinski definition) is 5. The Morgan fingerprint density at radius 2 is 2.04 bits per heavy atom. The van der Waals surface area contributed by atoms with Crippen LogP contribution >= 0.6 is 0 Å². The minimum absolute atomic E-state index is 0.0935. The normalized spacial score (nSPS) is 10.9. The highest BCUT2D eigenvalue weighted by Gasteiger charge is 2.16. The zero-order chi connectivity index (χ0) is 17.0. The SMILES string of the molecule is CC(C)(C)OC(=O)Nc1cncc(C(=N)n2ccccc2=N)c1. The lowest BCUT2D eigenvalue weighted by Crippen LogP contribution is -2.28. The predicted molar refractivity (Wildman–Crippen MR) is 86.6 cm³/mol. The summed E-state index contributed by atoms with van der Waals surface area (Å²) in [5.41, 5.74) is 0.484. The summed E-state index contributed by atoms with van der Waals surface area (Å²) in [5.74, 6) is 0.0935. The number of carbonyl (C=O) groups is 1. The number of hydrogen-bond donors (Lipinski definition) is 3. The second-order valence-corrected chi connectivity index (χ2v) is 5.89. The molecule has 1 amide bonds. The van der Waals surface area contributed by atoms with Crippen LogP contribution < -0.4 is 10.8 Å². The molecule has 0 atom stereocenters. The molecule has 0 fully saturated rings. The third-order valence-electron chi connectivity index (χ3n) is 2.76. The number of nitrogens with zero attached hydrogens (tertiary/aromatic N) is 2. The summed E-state index contributed by atoms with van der Waals surface area (Å²) in [5, 5.41) is 18.6. The molecule has 7 nitrogen and oxygen atoms in total. The molecule has 2 heterocycles. The Hall–Kier alpha value is -2.96. The summed E-state index contributed by atoms with van der Waals surface area (Å²) < 4.78 is 6.59. The summed E-state index contributed by atoms with van der Waals surface area (Å²) in [6.45, 7) is 5.33. The van der Waals surface area contributed by atoms with E-state index in [0.29, 0.717) is 11.3 Å². The monoisotopic (exact) mass is 313 g/mol. The summed E-state index contributed by atoms with van der Waals surface area (Å²) >= 11 is 0. The molecule has 0 radical (unpaired) electrons. The zero-order valence-electron chi connectivity index (χ0n) is 13.3. The number of aromatic nitrogens is 2. The van der Waals surface area contributed by atoms with E-state index in [-0.39, 0.29) is 11.3 Å². The van der Waals surface area contributed by atoms with Gasteiger partial charge >= 0.3 is 6.09 Å². The van der Waals surface area contributed by atoms with E-state index in [1.807, 2.05) is 0 Å². The zero-order valence-corrected chi connectivity index (χ0v) is 13.3. The fraction of sp³-hybridized carbons (Fsp3) is 0.250. The van der Waals surface area contributed by atoms with Gasteiger partial charge in [0.25, 0.3) is 0 Å². The first kappa shape index (κ1) is 16.4. The van der Waals surface area contributed by atoms with Crippen LogP contribution in [0.2, 0.25) is 0 Å². The fourth-order valence-electron chi connectivity index (χ4n) is 1.84. The second kappa shape index (κ2) is 6.43. The molecule has 120 valence electrons. The van der Waals surface area contributed by atoms with Crippen molar-refractivity contribution in [3.8, 4) is 0 Å². The van der Waals surface area contributed by atoms with Crippen molar-refractivity contribution < 1.29 is 9.53 Å². The summed E-state index contributed by atoms with van der Waals surface area (Å²) in [7, 11) is 0. The molecule has 0 aliphatic carbocycles. The van der Waals surface area contributed by atoms with Gasteiger partial charge in [-0.2, -0.15) is 0 Å². The molecule has 2 aromatic rings. The Morgan fingerprint density at radius 3 is 2.70 bits per heavy atom. The lowest BCUT2D eigenvalue weighted by Gasteiger charge is -2.19. The van der Waals surface area contributed by atoms with Crippen LogP contribution in [0.5, 0.6) is 0 Å². The third-order valence-corrected chi connectivity index (χ3v) is 2.76. The second-order valence-electron chi connectivity index (χ2n) is 5.89. The van der Waals surface area contributed by atoms with Gasteiger partial charge in [0, 0.05) is 18.0 Å². The smallest absolute Gasteiger partial charge is 0.412 e. The Labute approximate surface area is 134 Å². The van der Waals surface area contributed by atoms with E-state index in [1.54, 1.807) is 51.2 Å². The first-order chi connectivity index (χ1) is 10.8. The van der Waals surface area contributed by atoms with Crippen molar-refractivity contribution in [2.24, 2.45) is 0 Å². The highest BCUT2D eigenvalue weighted by molar-refractivity contribution is 5.99. The van der Waals surface area contributed by atoms with Crippen LogP contribution in [-0.2, 0) is 4.74 Å². The van der Waals surface area contributed by atoms with Gasteiger partial charge in [0.2, 0.25) is 0 Å². The molecule has 2 rings (SSSR count). The van der Waals surface area contributed by atoms with E-state index in [4.69, 9.17) is 15.6 Å². The Morgan fingerprint density at radius 1 is 1.30 bits per heavy atom. The third kappa shape index (κ3) is 4.50. The molecule has 3 N–H and O–H groups in total. The first-order valence-corrected chi connectivity index (χ1v) is 7.03. The van der Waals surface area contributed by atoms with Gasteiger partial charge in [0.05, 0.1) is 11.9 Å². The molecule has 0 unspecified atom stereocenters. The van der Waals surface area contributed by atoms with Crippen molar-refractivity contribution in [1.82, 2.24) is 9.55 Å². The largest absolute Gasteiger partial charge is 0.444 e. The molecule has 7 heteroatoms. The number of pyridine rings is 2. The van der Waals surface area contributed by atoms with Crippen molar-refractivity contribution in [2.45, 2.75) is 26.4 Å². The number of amides is 1. The van der Waals surface area contributed by atoms with Gasteiger partial charge in [-0.05, 0) is 39.0 Å². The molecule has 0 bridgehead atoms. The van der Waals surface area contributed by atoms with E-state index in [1.165, 1.54) is 17.0 Å². The van der Waals surface area contributed by atoms with Crippen molar-refractivity contribution in [2.75, 3.05) is 5.32 Å². The van der Waals surface area contributed by atoms with Gasteiger partial charge in [0.15, 0.2) is 0 Å². The van der Waals surface area contributed by atoms with Gasteiger partial charge in [-0.1, -0.05) is 6.07 Å². The number of carbonyl (C=O) groups excluding carboxylic acids is 1. The van der Waals surface area contributed by atoms with Crippen LogP contribution in [0.3, 0.4) is 0 Å². The molecule has 0 aliphatic heterocycles. The van der Waals surface area contributed by atoms with Gasteiger partial charge in [-0.25, -0.2) is 4.79 Å². The number of ether oxygens (including phenoxy) is 1. The van der Waals surface area contributed by atoms with Crippen LogP contribution in [0, 0.1) is 10.8 Å². The number of nitrogens with one attached hydrogen (secondary N) is 3. The van der Waals surface area contributed by atoms with Crippen molar-refractivity contribution in [3.05, 3.63) is 53.9 Å². The minimum Gasteiger partial charge on any atom is -0.444 e. The van der Waals surface area contributed by atoms with Crippen molar-refractivity contribution in [3.63, 3.8) is 0 Å². The fourth-order valence-corrected chi connectivity index (χ4v) is 1.84. The summed E-state index contributed by atoms with van der Waals surface area (Å²) in [6, 6.07) is 6.66. The molecule has 0 saturated heterocycles. The van der Waals surface area contributed by atoms with E-state index >= 15 is 0 Å².